The Labute approximate surface area is 112 Å². The number of carboxylic acids is 1. The number of imidazole rings is 1. The predicted molar refractivity (Wildman–Crippen MR) is 60.9 cm³/mol. The van der Waals surface area contributed by atoms with Crippen molar-refractivity contribution in [3.8, 4) is 6.07 Å². The number of carbonyl (C=O) groups is 1. The van der Waals surface area contributed by atoms with E-state index >= 15 is 0 Å². The number of nitriles is 1. The summed E-state index contributed by atoms with van der Waals surface area (Å²) in [7, 11) is 0. The summed E-state index contributed by atoms with van der Waals surface area (Å²) in [6, 6.07) is 1.89. The molecule has 0 aromatic carbocycles. The first-order chi connectivity index (χ1) is 9.32. The van der Waals surface area contributed by atoms with Gasteiger partial charge in [0.05, 0.1) is 12.0 Å². The van der Waals surface area contributed by atoms with E-state index in [1.165, 1.54) is 4.57 Å². The summed E-state index contributed by atoms with van der Waals surface area (Å²) in [5.74, 6) is -3.01. The van der Waals surface area contributed by atoms with Crippen LogP contribution in [0, 0.1) is 17.2 Å². The number of aromatic nitrogens is 2. The van der Waals surface area contributed by atoms with Gasteiger partial charge in [-0.2, -0.15) is 18.4 Å². The van der Waals surface area contributed by atoms with E-state index in [1.807, 2.05) is 6.07 Å². The SMILES string of the molecule is N#CCC[C@@H]1C[C@H](C(F)(F)F)Cn2cc(C(=O)O)nc21. The van der Waals surface area contributed by atoms with Gasteiger partial charge < -0.3 is 9.67 Å². The molecular weight excluding hydrogens is 275 g/mol. The predicted octanol–water partition coefficient (Wildman–Crippen LogP) is 2.55. The lowest BCUT2D eigenvalue weighted by molar-refractivity contribution is -0.184. The van der Waals surface area contributed by atoms with Crippen molar-refractivity contribution >= 4 is 5.97 Å². The number of fused-ring (bicyclic) bond motifs is 1. The minimum Gasteiger partial charge on any atom is -0.476 e. The highest BCUT2D eigenvalue weighted by Gasteiger charge is 2.44. The van der Waals surface area contributed by atoms with E-state index in [-0.39, 0.29) is 31.5 Å². The third-order valence-electron chi connectivity index (χ3n) is 3.45. The van der Waals surface area contributed by atoms with Crippen LogP contribution in [0.25, 0.3) is 0 Å². The molecule has 8 heteroatoms. The van der Waals surface area contributed by atoms with E-state index in [0.29, 0.717) is 5.82 Å². The van der Waals surface area contributed by atoms with Gasteiger partial charge in [-0.3, -0.25) is 0 Å². The summed E-state index contributed by atoms with van der Waals surface area (Å²) in [5.41, 5.74) is -0.259. The molecule has 2 rings (SSSR count). The van der Waals surface area contributed by atoms with E-state index in [1.54, 1.807) is 0 Å². The average Bonchev–Trinajstić information content (AvgIpc) is 2.78. The van der Waals surface area contributed by atoms with Gasteiger partial charge in [-0.05, 0) is 12.8 Å². The fourth-order valence-corrected chi connectivity index (χ4v) is 2.49. The molecule has 0 bridgehead atoms. The van der Waals surface area contributed by atoms with Crippen LogP contribution in [0.3, 0.4) is 0 Å². The maximum atomic E-state index is 12.9. The Bertz CT molecular complexity index is 559. The zero-order valence-electron chi connectivity index (χ0n) is 10.4. The first-order valence-electron chi connectivity index (χ1n) is 6.07. The van der Waals surface area contributed by atoms with Gasteiger partial charge in [-0.15, -0.1) is 0 Å². The third kappa shape index (κ3) is 2.76. The summed E-state index contributed by atoms with van der Waals surface area (Å²) in [4.78, 5) is 14.8. The highest BCUT2D eigenvalue weighted by Crippen LogP contribution is 2.41. The lowest BCUT2D eigenvalue weighted by Gasteiger charge is -2.31. The Hall–Kier alpha value is -2.04. The van der Waals surface area contributed by atoms with Crippen LogP contribution in [0.4, 0.5) is 13.2 Å². The molecule has 0 fully saturated rings. The standard InChI is InChI=1S/C12H12F3N3O2/c13-12(14,15)8-4-7(2-1-3-16)10-17-9(11(19)20)6-18(10)5-8/h6-8H,1-2,4-5H2,(H,19,20)/t7-,8+/m1/s1. The van der Waals surface area contributed by atoms with Crippen LogP contribution in [-0.4, -0.2) is 26.8 Å². The monoisotopic (exact) mass is 287 g/mol. The maximum absolute atomic E-state index is 12.9. The van der Waals surface area contributed by atoms with Crippen molar-refractivity contribution in [2.45, 2.75) is 37.9 Å². The van der Waals surface area contributed by atoms with Crippen LogP contribution in [0.15, 0.2) is 6.20 Å². The number of rotatable bonds is 3. The number of alkyl halides is 3. The summed E-state index contributed by atoms with van der Waals surface area (Å²) in [6.45, 7) is -0.317. The summed E-state index contributed by atoms with van der Waals surface area (Å²) in [5, 5.41) is 17.4. The Morgan fingerprint density at radius 1 is 1.60 bits per heavy atom. The van der Waals surface area contributed by atoms with Crippen molar-refractivity contribution in [2.75, 3.05) is 0 Å². The molecule has 5 nitrogen and oxygen atoms in total. The van der Waals surface area contributed by atoms with Gasteiger partial charge >= 0.3 is 12.1 Å². The molecule has 0 amide bonds. The Kier molecular flexibility index (Phi) is 3.70. The zero-order valence-corrected chi connectivity index (χ0v) is 10.4. The average molecular weight is 287 g/mol. The molecule has 2 heterocycles. The smallest absolute Gasteiger partial charge is 0.393 e. The Morgan fingerprint density at radius 3 is 2.85 bits per heavy atom. The molecule has 1 aliphatic rings. The number of aromatic carboxylic acids is 1. The molecule has 2 atom stereocenters. The van der Waals surface area contributed by atoms with Gasteiger partial charge in [0.25, 0.3) is 0 Å². The second-order valence-electron chi connectivity index (χ2n) is 4.81. The molecule has 1 aromatic heterocycles. The van der Waals surface area contributed by atoms with Crippen molar-refractivity contribution in [1.29, 1.82) is 5.26 Å². The Balaban J connectivity index is 2.33. The van der Waals surface area contributed by atoms with Crippen molar-refractivity contribution in [3.05, 3.63) is 17.7 Å². The van der Waals surface area contributed by atoms with Crippen LogP contribution < -0.4 is 0 Å². The molecule has 0 spiro atoms. The van der Waals surface area contributed by atoms with Gasteiger partial charge in [-0.25, -0.2) is 9.78 Å². The lowest BCUT2D eigenvalue weighted by atomic mass is 9.87. The molecule has 0 saturated carbocycles. The van der Waals surface area contributed by atoms with Gasteiger partial charge in [0, 0.05) is 25.1 Å². The van der Waals surface area contributed by atoms with Crippen LogP contribution in [0.2, 0.25) is 0 Å². The van der Waals surface area contributed by atoms with E-state index < -0.39 is 24.0 Å². The van der Waals surface area contributed by atoms with Crippen molar-refractivity contribution in [1.82, 2.24) is 9.55 Å². The number of carboxylic acid groups (broad SMARTS) is 1. The molecule has 0 radical (unpaired) electrons. The molecule has 0 aliphatic carbocycles. The topological polar surface area (TPSA) is 78.9 Å². The van der Waals surface area contributed by atoms with Crippen molar-refractivity contribution in [2.24, 2.45) is 5.92 Å². The van der Waals surface area contributed by atoms with Crippen molar-refractivity contribution in [3.63, 3.8) is 0 Å². The summed E-state index contributed by atoms with van der Waals surface area (Å²) < 4.78 is 39.9. The molecule has 20 heavy (non-hydrogen) atoms. The molecule has 1 aromatic rings. The van der Waals surface area contributed by atoms with E-state index in [2.05, 4.69) is 4.98 Å². The normalized spacial score (nSPS) is 22.1. The van der Waals surface area contributed by atoms with Crippen molar-refractivity contribution < 1.29 is 23.1 Å². The van der Waals surface area contributed by atoms with Gasteiger partial charge in [0.1, 0.15) is 5.82 Å². The first kappa shape index (κ1) is 14.4. The van der Waals surface area contributed by atoms with Crippen LogP contribution in [-0.2, 0) is 6.54 Å². The number of hydrogen-bond acceptors (Lipinski definition) is 3. The summed E-state index contributed by atoms with van der Waals surface area (Å²) >= 11 is 0. The van der Waals surface area contributed by atoms with Gasteiger partial charge in [0.2, 0.25) is 0 Å². The van der Waals surface area contributed by atoms with Gasteiger partial charge in [0.15, 0.2) is 5.69 Å². The molecule has 108 valence electrons. The number of nitrogens with zero attached hydrogens (tertiary/aromatic N) is 3. The number of halogens is 3. The minimum atomic E-state index is -4.34. The molecule has 1 aliphatic heterocycles. The van der Waals surface area contributed by atoms with E-state index in [9.17, 15) is 18.0 Å². The maximum Gasteiger partial charge on any atom is 0.393 e. The van der Waals surface area contributed by atoms with Crippen LogP contribution in [0.5, 0.6) is 0 Å². The summed E-state index contributed by atoms with van der Waals surface area (Å²) in [6.07, 6.45) is -2.99. The highest BCUT2D eigenvalue weighted by atomic mass is 19.4. The quantitative estimate of drug-likeness (QED) is 0.926. The second kappa shape index (κ2) is 5.15. The fraction of sp³-hybridized carbons (Fsp3) is 0.583. The van der Waals surface area contributed by atoms with E-state index in [0.717, 1.165) is 6.20 Å². The van der Waals surface area contributed by atoms with Crippen LogP contribution in [0.1, 0.15) is 41.5 Å². The lowest BCUT2D eigenvalue weighted by Crippen LogP contribution is -2.34. The number of hydrogen-bond donors (Lipinski definition) is 1. The highest BCUT2D eigenvalue weighted by molar-refractivity contribution is 5.85. The largest absolute Gasteiger partial charge is 0.476 e. The zero-order chi connectivity index (χ0) is 14.9. The minimum absolute atomic E-state index is 0.116. The molecule has 1 N–H and O–H groups in total. The van der Waals surface area contributed by atoms with Gasteiger partial charge in [-0.1, -0.05) is 0 Å². The molecule has 0 unspecified atom stereocenters. The van der Waals surface area contributed by atoms with Crippen LogP contribution >= 0.6 is 0 Å². The fourth-order valence-electron chi connectivity index (χ4n) is 2.49. The Morgan fingerprint density at radius 2 is 2.30 bits per heavy atom. The molecular formula is C12H12F3N3O2. The third-order valence-corrected chi connectivity index (χ3v) is 3.45. The van der Waals surface area contributed by atoms with E-state index in [4.69, 9.17) is 10.4 Å². The first-order valence-corrected chi connectivity index (χ1v) is 6.07. The second-order valence-corrected chi connectivity index (χ2v) is 4.81. The molecule has 0 saturated heterocycles.